The van der Waals surface area contributed by atoms with E-state index in [2.05, 4.69) is 10.4 Å². The molecule has 110 valence electrons. The summed E-state index contributed by atoms with van der Waals surface area (Å²) in [6.07, 6.45) is 3.25. The van der Waals surface area contributed by atoms with Gasteiger partial charge in [-0.1, -0.05) is 0 Å². The fourth-order valence-electron chi connectivity index (χ4n) is 2.29. The minimum atomic E-state index is -0.444. The summed E-state index contributed by atoms with van der Waals surface area (Å²) in [7, 11) is 1.77. The van der Waals surface area contributed by atoms with Crippen molar-refractivity contribution in [2.45, 2.75) is 25.4 Å². The van der Waals surface area contributed by atoms with Crippen LogP contribution in [0, 0.1) is 10.1 Å². The SMILES string of the molecule is CN(CC1CCCCO1)c1nc(NN)ccc1[N+](=O)[O-]. The Morgan fingerprint density at radius 2 is 2.40 bits per heavy atom. The van der Waals surface area contributed by atoms with Gasteiger partial charge < -0.3 is 15.1 Å². The monoisotopic (exact) mass is 281 g/mol. The highest BCUT2D eigenvalue weighted by Crippen LogP contribution is 2.27. The first-order chi connectivity index (χ1) is 9.61. The zero-order chi connectivity index (χ0) is 14.5. The Hall–Kier alpha value is -1.93. The molecular weight excluding hydrogens is 262 g/mol. The van der Waals surface area contributed by atoms with Gasteiger partial charge in [-0.25, -0.2) is 10.8 Å². The van der Waals surface area contributed by atoms with Crippen molar-refractivity contribution in [3.63, 3.8) is 0 Å². The molecule has 1 fully saturated rings. The van der Waals surface area contributed by atoms with Crippen LogP contribution >= 0.6 is 0 Å². The largest absolute Gasteiger partial charge is 0.376 e. The first kappa shape index (κ1) is 14.5. The molecule has 0 aromatic carbocycles. The molecule has 8 heteroatoms. The number of nitrogens with two attached hydrogens (primary N) is 1. The summed E-state index contributed by atoms with van der Waals surface area (Å²) < 4.78 is 5.65. The van der Waals surface area contributed by atoms with Crippen LogP contribution in [0.3, 0.4) is 0 Å². The maximum atomic E-state index is 11.1. The summed E-state index contributed by atoms with van der Waals surface area (Å²) in [5, 5.41) is 11.1. The summed E-state index contributed by atoms with van der Waals surface area (Å²) in [5.74, 6) is 5.99. The number of nitro groups is 1. The number of hydrogen-bond acceptors (Lipinski definition) is 7. The molecule has 1 aromatic heterocycles. The summed E-state index contributed by atoms with van der Waals surface area (Å²) in [6, 6.07) is 2.88. The van der Waals surface area contributed by atoms with E-state index in [9.17, 15) is 10.1 Å². The third kappa shape index (κ3) is 3.34. The summed E-state index contributed by atoms with van der Waals surface area (Å²) in [4.78, 5) is 16.5. The number of hydrogen-bond donors (Lipinski definition) is 2. The van der Waals surface area contributed by atoms with Gasteiger partial charge in [-0.3, -0.25) is 10.1 Å². The molecule has 0 amide bonds. The highest BCUT2D eigenvalue weighted by molar-refractivity contribution is 5.61. The number of rotatable bonds is 5. The van der Waals surface area contributed by atoms with E-state index in [-0.39, 0.29) is 11.8 Å². The second-order valence-electron chi connectivity index (χ2n) is 4.81. The van der Waals surface area contributed by atoms with Gasteiger partial charge in [0, 0.05) is 26.3 Å². The molecule has 0 aliphatic carbocycles. The van der Waals surface area contributed by atoms with Crippen molar-refractivity contribution in [3.05, 3.63) is 22.2 Å². The number of hydrazine groups is 1. The molecule has 0 radical (unpaired) electrons. The van der Waals surface area contributed by atoms with E-state index in [0.29, 0.717) is 18.2 Å². The lowest BCUT2D eigenvalue weighted by Crippen LogP contribution is -2.34. The van der Waals surface area contributed by atoms with Crippen LogP contribution in [0.1, 0.15) is 19.3 Å². The lowest BCUT2D eigenvalue weighted by Gasteiger charge is -2.27. The number of nitrogens with zero attached hydrogens (tertiary/aromatic N) is 3. The molecule has 1 aromatic rings. The van der Waals surface area contributed by atoms with E-state index in [0.717, 1.165) is 25.9 Å². The Labute approximate surface area is 117 Å². The van der Waals surface area contributed by atoms with Crippen LogP contribution in [0.2, 0.25) is 0 Å². The fraction of sp³-hybridized carbons (Fsp3) is 0.583. The van der Waals surface area contributed by atoms with E-state index in [1.165, 1.54) is 12.1 Å². The van der Waals surface area contributed by atoms with Crippen LogP contribution in [0.5, 0.6) is 0 Å². The van der Waals surface area contributed by atoms with Crippen molar-refractivity contribution >= 4 is 17.3 Å². The Kier molecular flexibility index (Phi) is 4.70. The van der Waals surface area contributed by atoms with Gasteiger partial charge in [0.1, 0.15) is 5.82 Å². The molecule has 2 heterocycles. The van der Waals surface area contributed by atoms with Crippen LogP contribution in [0.25, 0.3) is 0 Å². The fourth-order valence-corrected chi connectivity index (χ4v) is 2.29. The van der Waals surface area contributed by atoms with Crippen molar-refractivity contribution in [2.75, 3.05) is 30.5 Å². The van der Waals surface area contributed by atoms with Crippen LogP contribution < -0.4 is 16.2 Å². The van der Waals surface area contributed by atoms with Crippen molar-refractivity contribution in [2.24, 2.45) is 5.84 Å². The van der Waals surface area contributed by atoms with E-state index in [1.54, 1.807) is 11.9 Å². The molecular formula is C12H19N5O3. The number of aromatic nitrogens is 1. The summed E-state index contributed by atoms with van der Waals surface area (Å²) in [6.45, 7) is 1.32. The number of anilines is 2. The highest BCUT2D eigenvalue weighted by Gasteiger charge is 2.23. The molecule has 1 aliphatic rings. The van der Waals surface area contributed by atoms with E-state index in [1.807, 2.05) is 0 Å². The quantitative estimate of drug-likeness (QED) is 0.475. The number of pyridine rings is 1. The smallest absolute Gasteiger partial charge is 0.311 e. The lowest BCUT2D eigenvalue weighted by atomic mass is 10.1. The maximum absolute atomic E-state index is 11.1. The van der Waals surface area contributed by atoms with Gasteiger partial charge in [-0.15, -0.1) is 0 Å². The molecule has 0 spiro atoms. The standard InChI is InChI=1S/C12H19N5O3/c1-16(8-9-4-2-3-7-20-9)12-10(17(18)19)5-6-11(14-12)15-13/h5-6,9H,2-4,7-8,13H2,1H3,(H,14,15). The van der Waals surface area contributed by atoms with E-state index in [4.69, 9.17) is 10.6 Å². The second kappa shape index (κ2) is 6.49. The number of nitrogens with one attached hydrogen (secondary N) is 1. The Bertz CT molecular complexity index is 476. The van der Waals surface area contributed by atoms with E-state index < -0.39 is 4.92 Å². The minimum Gasteiger partial charge on any atom is -0.376 e. The molecule has 3 N–H and O–H groups in total. The zero-order valence-corrected chi connectivity index (χ0v) is 11.4. The van der Waals surface area contributed by atoms with Crippen LogP contribution in [0.4, 0.5) is 17.3 Å². The Morgan fingerprint density at radius 3 is 3.00 bits per heavy atom. The van der Waals surface area contributed by atoms with Crippen LogP contribution in [-0.2, 0) is 4.74 Å². The number of ether oxygens (including phenoxy) is 1. The lowest BCUT2D eigenvalue weighted by molar-refractivity contribution is -0.384. The zero-order valence-electron chi connectivity index (χ0n) is 11.4. The van der Waals surface area contributed by atoms with Crippen LogP contribution in [-0.4, -0.2) is 36.2 Å². The predicted molar refractivity (Wildman–Crippen MR) is 75.6 cm³/mol. The van der Waals surface area contributed by atoms with E-state index >= 15 is 0 Å². The average molecular weight is 281 g/mol. The van der Waals surface area contributed by atoms with Gasteiger partial charge in [-0.05, 0) is 25.3 Å². The summed E-state index contributed by atoms with van der Waals surface area (Å²) in [5.41, 5.74) is 2.36. The molecule has 8 nitrogen and oxygen atoms in total. The number of nitrogen functional groups attached to an aromatic ring is 1. The molecule has 0 bridgehead atoms. The minimum absolute atomic E-state index is 0.0395. The highest BCUT2D eigenvalue weighted by atomic mass is 16.6. The molecule has 0 saturated carbocycles. The third-order valence-corrected chi connectivity index (χ3v) is 3.31. The van der Waals surface area contributed by atoms with Gasteiger partial charge in [0.25, 0.3) is 0 Å². The van der Waals surface area contributed by atoms with Crippen molar-refractivity contribution in [3.8, 4) is 0 Å². The topological polar surface area (TPSA) is 107 Å². The van der Waals surface area contributed by atoms with Crippen LogP contribution in [0.15, 0.2) is 12.1 Å². The van der Waals surface area contributed by atoms with Crippen molar-refractivity contribution < 1.29 is 9.66 Å². The molecule has 1 saturated heterocycles. The first-order valence-corrected chi connectivity index (χ1v) is 6.56. The second-order valence-corrected chi connectivity index (χ2v) is 4.81. The third-order valence-electron chi connectivity index (χ3n) is 3.31. The van der Waals surface area contributed by atoms with Gasteiger partial charge in [-0.2, -0.15) is 0 Å². The first-order valence-electron chi connectivity index (χ1n) is 6.56. The Balaban J connectivity index is 2.17. The average Bonchev–Trinajstić information content (AvgIpc) is 2.47. The molecule has 2 rings (SSSR count). The Morgan fingerprint density at radius 1 is 1.60 bits per heavy atom. The van der Waals surface area contributed by atoms with Gasteiger partial charge in [0.05, 0.1) is 11.0 Å². The van der Waals surface area contributed by atoms with Gasteiger partial charge in [0.2, 0.25) is 5.82 Å². The normalized spacial score (nSPS) is 18.6. The predicted octanol–water partition coefficient (Wildman–Crippen LogP) is 1.28. The maximum Gasteiger partial charge on any atom is 0.311 e. The number of likely N-dealkylation sites (N-methyl/N-ethyl adjacent to an activating group) is 1. The van der Waals surface area contributed by atoms with Gasteiger partial charge in [0.15, 0.2) is 0 Å². The molecule has 20 heavy (non-hydrogen) atoms. The van der Waals surface area contributed by atoms with Crippen molar-refractivity contribution in [1.29, 1.82) is 0 Å². The van der Waals surface area contributed by atoms with Gasteiger partial charge >= 0.3 is 5.69 Å². The summed E-state index contributed by atoms with van der Waals surface area (Å²) >= 11 is 0. The molecule has 1 unspecified atom stereocenters. The molecule has 1 aliphatic heterocycles. The molecule has 1 atom stereocenters. The van der Waals surface area contributed by atoms with Crippen molar-refractivity contribution in [1.82, 2.24) is 4.98 Å².